The Morgan fingerprint density at radius 1 is 1.29 bits per heavy atom. The van der Waals surface area contributed by atoms with E-state index in [0.29, 0.717) is 6.54 Å². The fraction of sp³-hybridized carbons (Fsp3) is 0.625. The van der Waals surface area contributed by atoms with Crippen molar-refractivity contribution in [1.82, 2.24) is 5.32 Å². The first kappa shape index (κ1) is 18.4. The number of aryl methyl sites for hydroxylation is 1. The van der Waals surface area contributed by atoms with Gasteiger partial charge in [-0.3, -0.25) is 0 Å². The van der Waals surface area contributed by atoms with Crippen molar-refractivity contribution >= 4 is 15.9 Å². The molecule has 0 aliphatic heterocycles. The van der Waals surface area contributed by atoms with Gasteiger partial charge in [0.15, 0.2) is 0 Å². The summed E-state index contributed by atoms with van der Waals surface area (Å²) in [6, 6.07) is 4.06. The molecule has 0 saturated carbocycles. The highest BCUT2D eigenvalue weighted by Crippen LogP contribution is 2.28. The number of nitrogens with one attached hydrogen (secondary N) is 1. The van der Waals surface area contributed by atoms with Gasteiger partial charge in [-0.25, -0.2) is 0 Å². The highest BCUT2D eigenvalue weighted by atomic mass is 79.9. The van der Waals surface area contributed by atoms with Gasteiger partial charge in [0.25, 0.3) is 0 Å². The van der Waals surface area contributed by atoms with Crippen molar-refractivity contribution in [2.75, 3.05) is 20.3 Å². The summed E-state index contributed by atoms with van der Waals surface area (Å²) >= 11 is 3.52. The lowest BCUT2D eigenvalue weighted by atomic mass is 10.1. The minimum atomic E-state index is -0.624. The van der Waals surface area contributed by atoms with Gasteiger partial charge in [-0.15, -0.1) is 0 Å². The molecule has 5 heteroatoms. The molecule has 1 aromatic carbocycles. The third-order valence-electron chi connectivity index (χ3n) is 2.90. The summed E-state index contributed by atoms with van der Waals surface area (Å²) in [5, 5.41) is 13.2. The molecule has 0 radical (unpaired) electrons. The fourth-order valence-corrected chi connectivity index (χ4v) is 2.54. The first-order valence-electron chi connectivity index (χ1n) is 7.07. The Hall–Kier alpha value is -0.620. The van der Waals surface area contributed by atoms with E-state index < -0.39 is 6.10 Å². The van der Waals surface area contributed by atoms with Crippen LogP contribution >= 0.6 is 15.9 Å². The predicted octanol–water partition coefficient (Wildman–Crippen LogP) is 3.03. The van der Waals surface area contributed by atoms with E-state index in [4.69, 9.17) is 9.47 Å². The number of benzene rings is 1. The summed E-state index contributed by atoms with van der Waals surface area (Å²) in [5.74, 6) is 0.824. The smallest absolute Gasteiger partial charge is 0.126 e. The lowest BCUT2D eigenvalue weighted by Crippen LogP contribution is -2.35. The van der Waals surface area contributed by atoms with Crippen molar-refractivity contribution in [3.63, 3.8) is 0 Å². The normalized spacial score (nSPS) is 13.3. The Kier molecular flexibility index (Phi) is 7.13. The van der Waals surface area contributed by atoms with E-state index in [1.807, 2.05) is 19.1 Å². The average molecular weight is 360 g/mol. The molecule has 1 aromatic rings. The summed E-state index contributed by atoms with van der Waals surface area (Å²) in [4.78, 5) is 0. The third-order valence-corrected chi connectivity index (χ3v) is 3.36. The SMILES string of the molecule is COCC(O)COc1c(C)cc(Br)cc1CNC(C)(C)C. The van der Waals surface area contributed by atoms with Crippen molar-refractivity contribution in [2.45, 2.75) is 45.9 Å². The highest BCUT2D eigenvalue weighted by molar-refractivity contribution is 9.10. The number of aliphatic hydroxyl groups excluding tert-OH is 1. The second-order valence-corrected chi connectivity index (χ2v) is 7.15. The predicted molar refractivity (Wildman–Crippen MR) is 88.8 cm³/mol. The molecule has 0 amide bonds. The molecule has 1 unspecified atom stereocenters. The monoisotopic (exact) mass is 359 g/mol. The van der Waals surface area contributed by atoms with Gasteiger partial charge in [0.1, 0.15) is 18.5 Å². The zero-order valence-electron chi connectivity index (χ0n) is 13.5. The van der Waals surface area contributed by atoms with E-state index in [9.17, 15) is 5.11 Å². The van der Waals surface area contributed by atoms with Crippen molar-refractivity contribution in [3.8, 4) is 5.75 Å². The fourth-order valence-electron chi connectivity index (χ4n) is 1.92. The van der Waals surface area contributed by atoms with Crippen molar-refractivity contribution in [1.29, 1.82) is 0 Å². The number of hydrogen-bond acceptors (Lipinski definition) is 4. The van der Waals surface area contributed by atoms with Crippen LogP contribution < -0.4 is 10.1 Å². The first-order chi connectivity index (χ1) is 9.73. The first-order valence-corrected chi connectivity index (χ1v) is 7.86. The molecular weight excluding hydrogens is 334 g/mol. The van der Waals surface area contributed by atoms with Gasteiger partial charge in [-0.1, -0.05) is 15.9 Å². The number of hydrogen-bond donors (Lipinski definition) is 2. The number of ether oxygens (including phenoxy) is 2. The molecular formula is C16H26BrNO3. The Morgan fingerprint density at radius 2 is 1.95 bits per heavy atom. The lowest BCUT2D eigenvalue weighted by molar-refractivity contribution is 0.0321. The maximum atomic E-state index is 9.73. The second kappa shape index (κ2) is 8.13. The zero-order valence-corrected chi connectivity index (χ0v) is 15.1. The minimum absolute atomic E-state index is 0.0308. The molecule has 0 aliphatic rings. The van der Waals surface area contributed by atoms with Gasteiger partial charge in [-0.2, -0.15) is 0 Å². The van der Waals surface area contributed by atoms with Crippen LogP contribution in [0.25, 0.3) is 0 Å². The Balaban J connectivity index is 2.85. The van der Waals surface area contributed by atoms with E-state index in [1.54, 1.807) is 7.11 Å². The third kappa shape index (κ3) is 6.78. The van der Waals surface area contributed by atoms with Crippen molar-refractivity contribution in [2.24, 2.45) is 0 Å². The molecule has 0 spiro atoms. The molecule has 4 nitrogen and oxygen atoms in total. The van der Waals surface area contributed by atoms with Gasteiger partial charge in [-0.05, 0) is 45.4 Å². The molecule has 1 atom stereocenters. The minimum Gasteiger partial charge on any atom is -0.490 e. The van der Waals surface area contributed by atoms with Crippen LogP contribution in [0, 0.1) is 6.92 Å². The van der Waals surface area contributed by atoms with Crippen LogP contribution in [0.4, 0.5) is 0 Å². The van der Waals surface area contributed by atoms with Crippen molar-refractivity contribution in [3.05, 3.63) is 27.7 Å². The van der Waals surface area contributed by atoms with Crippen LogP contribution in [-0.2, 0) is 11.3 Å². The summed E-state index contributed by atoms with van der Waals surface area (Å²) in [6.07, 6.45) is -0.624. The van der Waals surface area contributed by atoms with Crippen LogP contribution in [0.2, 0.25) is 0 Å². The van der Waals surface area contributed by atoms with Gasteiger partial charge in [0, 0.05) is 29.2 Å². The summed E-state index contributed by atoms with van der Waals surface area (Å²) in [7, 11) is 1.56. The van der Waals surface area contributed by atoms with Crippen LogP contribution in [-0.4, -0.2) is 37.1 Å². The molecule has 120 valence electrons. The largest absolute Gasteiger partial charge is 0.490 e. The standard InChI is InChI=1S/C16H26BrNO3/c1-11-6-13(17)7-12(8-18-16(2,3)4)15(11)21-10-14(19)9-20-5/h6-7,14,18-19H,8-10H2,1-5H3. The maximum absolute atomic E-state index is 9.73. The average Bonchev–Trinajstić information content (AvgIpc) is 2.34. The Morgan fingerprint density at radius 3 is 2.52 bits per heavy atom. The summed E-state index contributed by atoms with van der Waals surface area (Å²) < 4.78 is 11.7. The van der Waals surface area contributed by atoms with Crippen LogP contribution in [0.1, 0.15) is 31.9 Å². The van der Waals surface area contributed by atoms with E-state index in [1.165, 1.54) is 0 Å². The Labute approximate surface area is 136 Å². The van der Waals surface area contributed by atoms with Gasteiger partial charge < -0.3 is 19.9 Å². The molecule has 0 heterocycles. The van der Waals surface area contributed by atoms with Gasteiger partial charge in [0.05, 0.1) is 6.61 Å². The quantitative estimate of drug-likeness (QED) is 0.785. The zero-order chi connectivity index (χ0) is 16.0. The Bertz CT molecular complexity index is 458. The van der Waals surface area contributed by atoms with E-state index in [2.05, 4.69) is 42.0 Å². The van der Waals surface area contributed by atoms with Crippen LogP contribution in [0.15, 0.2) is 16.6 Å². The van der Waals surface area contributed by atoms with Crippen LogP contribution in [0.5, 0.6) is 5.75 Å². The topological polar surface area (TPSA) is 50.7 Å². The number of methoxy groups -OCH3 is 1. The molecule has 0 fully saturated rings. The van der Waals surface area contributed by atoms with E-state index in [-0.39, 0.29) is 18.8 Å². The highest BCUT2D eigenvalue weighted by Gasteiger charge is 2.15. The van der Waals surface area contributed by atoms with Crippen molar-refractivity contribution < 1.29 is 14.6 Å². The number of halogens is 1. The molecule has 0 bridgehead atoms. The van der Waals surface area contributed by atoms with Crippen LogP contribution in [0.3, 0.4) is 0 Å². The molecule has 2 N–H and O–H groups in total. The summed E-state index contributed by atoms with van der Waals surface area (Å²) in [6.45, 7) is 9.58. The van der Waals surface area contributed by atoms with E-state index in [0.717, 1.165) is 21.3 Å². The molecule has 0 aromatic heterocycles. The maximum Gasteiger partial charge on any atom is 0.126 e. The molecule has 21 heavy (non-hydrogen) atoms. The van der Waals surface area contributed by atoms with E-state index >= 15 is 0 Å². The van der Waals surface area contributed by atoms with Gasteiger partial charge >= 0.3 is 0 Å². The molecule has 1 rings (SSSR count). The molecule has 0 aliphatic carbocycles. The second-order valence-electron chi connectivity index (χ2n) is 6.23. The number of rotatable bonds is 7. The van der Waals surface area contributed by atoms with Gasteiger partial charge in [0.2, 0.25) is 0 Å². The molecule has 0 saturated heterocycles. The lowest BCUT2D eigenvalue weighted by Gasteiger charge is -2.23. The number of aliphatic hydroxyl groups is 1. The summed E-state index contributed by atoms with van der Waals surface area (Å²) in [5.41, 5.74) is 2.14.